The average molecular weight is 345 g/mol. The number of hydrogen-bond donors (Lipinski definition) is 2. The van der Waals surface area contributed by atoms with Gasteiger partial charge in [-0.25, -0.2) is 4.79 Å². The molecular formula is C20H32N4O. The summed E-state index contributed by atoms with van der Waals surface area (Å²) in [5.41, 5.74) is 2.11. The van der Waals surface area contributed by atoms with Gasteiger partial charge in [0, 0.05) is 44.0 Å². The van der Waals surface area contributed by atoms with Crippen LogP contribution in [0.3, 0.4) is 0 Å². The van der Waals surface area contributed by atoms with Crippen LogP contribution in [0.15, 0.2) is 24.3 Å². The van der Waals surface area contributed by atoms with E-state index >= 15 is 0 Å². The molecule has 0 spiro atoms. The van der Waals surface area contributed by atoms with Crippen molar-refractivity contribution in [1.82, 2.24) is 15.1 Å². The fourth-order valence-electron chi connectivity index (χ4n) is 4.22. The Hall–Kier alpha value is -1.59. The van der Waals surface area contributed by atoms with Crippen LogP contribution in [0, 0.1) is 6.92 Å². The molecule has 0 bridgehead atoms. The molecule has 1 saturated heterocycles. The third-order valence-electron chi connectivity index (χ3n) is 5.93. The van der Waals surface area contributed by atoms with Gasteiger partial charge < -0.3 is 15.5 Å². The van der Waals surface area contributed by atoms with Gasteiger partial charge in [-0.1, -0.05) is 37.5 Å². The number of para-hydroxylation sites is 1. The highest BCUT2D eigenvalue weighted by Crippen LogP contribution is 2.34. The SMILES string of the molecule is Cc1ccccc1NC(=O)NCC1(N2CCN(C)CC2)CCCCC1. The minimum Gasteiger partial charge on any atom is -0.336 e. The maximum atomic E-state index is 12.4. The first kappa shape index (κ1) is 18.2. The summed E-state index contributed by atoms with van der Waals surface area (Å²) in [6, 6.07) is 7.82. The number of anilines is 1. The van der Waals surface area contributed by atoms with Crippen LogP contribution < -0.4 is 10.6 Å². The van der Waals surface area contributed by atoms with Crippen LogP contribution in [0.1, 0.15) is 37.7 Å². The lowest BCUT2D eigenvalue weighted by atomic mass is 9.79. The fourth-order valence-corrected chi connectivity index (χ4v) is 4.22. The van der Waals surface area contributed by atoms with Gasteiger partial charge in [-0.2, -0.15) is 0 Å². The van der Waals surface area contributed by atoms with Gasteiger partial charge in [0.05, 0.1) is 0 Å². The quantitative estimate of drug-likeness (QED) is 0.882. The molecule has 1 aliphatic carbocycles. The summed E-state index contributed by atoms with van der Waals surface area (Å²) in [7, 11) is 2.19. The lowest BCUT2D eigenvalue weighted by molar-refractivity contribution is 0.0157. The number of amides is 2. The molecule has 0 atom stereocenters. The molecule has 2 fully saturated rings. The van der Waals surface area contributed by atoms with Crippen LogP contribution >= 0.6 is 0 Å². The standard InChI is InChI=1S/C20H32N4O/c1-17-8-4-5-9-18(17)22-19(25)21-16-20(10-6-3-7-11-20)24-14-12-23(2)13-15-24/h4-5,8-9H,3,6-7,10-16H2,1-2H3,(H2,21,22,25). The molecule has 1 aromatic carbocycles. The van der Waals surface area contributed by atoms with Crippen LogP contribution in [0.4, 0.5) is 10.5 Å². The predicted octanol–water partition coefficient (Wildman–Crippen LogP) is 3.07. The minimum absolute atomic E-state index is 0.0895. The lowest BCUT2D eigenvalue weighted by Gasteiger charge is -2.49. The van der Waals surface area contributed by atoms with Gasteiger partial charge in [-0.3, -0.25) is 4.90 Å². The van der Waals surface area contributed by atoms with E-state index in [0.717, 1.165) is 44.0 Å². The van der Waals surface area contributed by atoms with Crippen LogP contribution in [-0.2, 0) is 0 Å². The van der Waals surface area contributed by atoms with Crippen molar-refractivity contribution in [3.05, 3.63) is 29.8 Å². The van der Waals surface area contributed by atoms with Crippen molar-refractivity contribution in [2.75, 3.05) is 45.1 Å². The first-order valence-electron chi connectivity index (χ1n) is 9.63. The summed E-state index contributed by atoms with van der Waals surface area (Å²) in [6.07, 6.45) is 6.26. The Morgan fingerprint density at radius 2 is 1.76 bits per heavy atom. The largest absolute Gasteiger partial charge is 0.336 e. The van der Waals surface area contributed by atoms with Crippen LogP contribution in [-0.4, -0.2) is 61.1 Å². The molecule has 0 unspecified atom stereocenters. The second-order valence-corrected chi connectivity index (χ2v) is 7.70. The molecule has 2 aliphatic rings. The van der Waals surface area contributed by atoms with Gasteiger partial charge in [0.1, 0.15) is 0 Å². The summed E-state index contributed by atoms with van der Waals surface area (Å²) >= 11 is 0. The van der Waals surface area contributed by atoms with Gasteiger partial charge in [-0.15, -0.1) is 0 Å². The number of hydrogen-bond acceptors (Lipinski definition) is 3. The lowest BCUT2D eigenvalue weighted by Crippen LogP contribution is -2.61. The highest BCUT2D eigenvalue weighted by Gasteiger charge is 2.39. The third kappa shape index (κ3) is 4.53. The summed E-state index contributed by atoms with van der Waals surface area (Å²) < 4.78 is 0. The maximum absolute atomic E-state index is 12.4. The molecule has 0 aromatic heterocycles. The van der Waals surface area contributed by atoms with Crippen molar-refractivity contribution in [2.24, 2.45) is 0 Å². The number of urea groups is 1. The van der Waals surface area contributed by atoms with E-state index in [4.69, 9.17) is 0 Å². The van der Waals surface area contributed by atoms with Gasteiger partial charge >= 0.3 is 6.03 Å². The van der Waals surface area contributed by atoms with Crippen molar-refractivity contribution in [3.63, 3.8) is 0 Å². The minimum atomic E-state index is -0.0895. The van der Waals surface area contributed by atoms with Crippen molar-refractivity contribution < 1.29 is 4.79 Å². The molecule has 1 saturated carbocycles. The van der Waals surface area contributed by atoms with Crippen molar-refractivity contribution in [2.45, 2.75) is 44.6 Å². The maximum Gasteiger partial charge on any atom is 0.319 e. The zero-order chi connectivity index (χ0) is 17.7. The molecule has 138 valence electrons. The molecule has 1 heterocycles. The predicted molar refractivity (Wildman–Crippen MR) is 103 cm³/mol. The summed E-state index contributed by atoms with van der Waals surface area (Å²) in [5, 5.41) is 6.17. The number of rotatable bonds is 4. The monoisotopic (exact) mass is 344 g/mol. The Morgan fingerprint density at radius 1 is 1.08 bits per heavy atom. The molecule has 1 aliphatic heterocycles. The number of carbonyl (C=O) groups is 1. The zero-order valence-corrected chi connectivity index (χ0v) is 15.7. The number of benzene rings is 1. The van der Waals surface area contributed by atoms with E-state index < -0.39 is 0 Å². The number of likely N-dealkylation sites (N-methyl/N-ethyl adjacent to an activating group) is 1. The van der Waals surface area contributed by atoms with Crippen molar-refractivity contribution in [1.29, 1.82) is 0 Å². The van der Waals surface area contributed by atoms with Gasteiger partial charge in [-0.05, 0) is 38.4 Å². The molecule has 2 amide bonds. The van der Waals surface area contributed by atoms with Gasteiger partial charge in [0.15, 0.2) is 0 Å². The van der Waals surface area contributed by atoms with Crippen molar-refractivity contribution >= 4 is 11.7 Å². The second kappa shape index (κ2) is 8.19. The Kier molecular flexibility index (Phi) is 5.97. The van der Waals surface area contributed by atoms with Crippen molar-refractivity contribution in [3.8, 4) is 0 Å². The van der Waals surface area contributed by atoms with Gasteiger partial charge in [0.25, 0.3) is 0 Å². The first-order chi connectivity index (χ1) is 12.1. The average Bonchev–Trinajstić information content (AvgIpc) is 2.63. The number of carbonyl (C=O) groups excluding carboxylic acids is 1. The number of piperazine rings is 1. The zero-order valence-electron chi connectivity index (χ0n) is 15.7. The molecular weight excluding hydrogens is 312 g/mol. The van der Waals surface area contributed by atoms with E-state index in [1.165, 1.54) is 32.1 Å². The Bertz CT molecular complexity index is 575. The molecule has 25 heavy (non-hydrogen) atoms. The molecule has 1 aromatic rings. The van der Waals surface area contributed by atoms with Crippen LogP contribution in [0.2, 0.25) is 0 Å². The summed E-state index contributed by atoms with van der Waals surface area (Å²) in [5.74, 6) is 0. The van der Waals surface area contributed by atoms with E-state index in [1.807, 2.05) is 31.2 Å². The first-order valence-corrected chi connectivity index (χ1v) is 9.63. The highest BCUT2D eigenvalue weighted by atomic mass is 16.2. The second-order valence-electron chi connectivity index (χ2n) is 7.70. The van der Waals surface area contributed by atoms with Crippen LogP contribution in [0.5, 0.6) is 0 Å². The normalized spacial score (nSPS) is 21.7. The van der Waals surface area contributed by atoms with E-state index in [9.17, 15) is 4.79 Å². The number of aryl methyl sites for hydroxylation is 1. The van der Waals surface area contributed by atoms with Gasteiger partial charge in [0.2, 0.25) is 0 Å². The molecule has 0 radical (unpaired) electrons. The number of nitrogens with one attached hydrogen (secondary N) is 2. The van der Waals surface area contributed by atoms with E-state index in [1.54, 1.807) is 0 Å². The molecule has 3 rings (SSSR count). The summed E-state index contributed by atoms with van der Waals surface area (Å²) in [6.45, 7) is 7.22. The third-order valence-corrected chi connectivity index (χ3v) is 5.93. The molecule has 5 heteroatoms. The van der Waals surface area contributed by atoms with E-state index in [-0.39, 0.29) is 11.6 Å². The Balaban J connectivity index is 1.60. The highest BCUT2D eigenvalue weighted by molar-refractivity contribution is 5.90. The topological polar surface area (TPSA) is 47.6 Å². The van der Waals surface area contributed by atoms with Crippen LogP contribution in [0.25, 0.3) is 0 Å². The number of nitrogens with zero attached hydrogens (tertiary/aromatic N) is 2. The molecule has 2 N–H and O–H groups in total. The Labute approximate surface area is 151 Å². The Morgan fingerprint density at radius 3 is 2.44 bits per heavy atom. The smallest absolute Gasteiger partial charge is 0.319 e. The van der Waals surface area contributed by atoms with E-state index in [2.05, 4.69) is 27.5 Å². The molecule has 5 nitrogen and oxygen atoms in total. The summed E-state index contributed by atoms with van der Waals surface area (Å²) in [4.78, 5) is 17.5. The van der Waals surface area contributed by atoms with E-state index in [0.29, 0.717) is 0 Å². The fraction of sp³-hybridized carbons (Fsp3) is 0.650.